The van der Waals surface area contributed by atoms with E-state index in [1.807, 2.05) is 13.8 Å². The smallest absolute Gasteiger partial charge is 0.180 e. The first-order valence-corrected chi connectivity index (χ1v) is 8.93. The SMILES string of the molecule is CC(C)c1c(N)nnn1CCS(=O)(=O)c1ccc(Br)cc1. The summed E-state index contributed by atoms with van der Waals surface area (Å²) < 4.78 is 27.0. The number of nitrogens with zero attached hydrogens (tertiary/aromatic N) is 3. The van der Waals surface area contributed by atoms with Crippen LogP contribution in [0, 0.1) is 0 Å². The Kier molecular flexibility index (Phi) is 4.67. The Hall–Kier alpha value is -1.41. The lowest BCUT2D eigenvalue weighted by atomic mass is 10.1. The first-order chi connectivity index (χ1) is 9.81. The molecule has 0 aliphatic rings. The lowest BCUT2D eigenvalue weighted by Gasteiger charge is -2.10. The summed E-state index contributed by atoms with van der Waals surface area (Å²) in [5, 5.41) is 7.73. The second-order valence-corrected chi connectivity index (χ2v) is 8.04. The van der Waals surface area contributed by atoms with Gasteiger partial charge >= 0.3 is 0 Å². The number of rotatable bonds is 5. The van der Waals surface area contributed by atoms with Gasteiger partial charge in [0.25, 0.3) is 0 Å². The van der Waals surface area contributed by atoms with Crippen molar-refractivity contribution in [2.75, 3.05) is 11.5 Å². The summed E-state index contributed by atoms with van der Waals surface area (Å²) in [6.45, 7) is 4.17. The summed E-state index contributed by atoms with van der Waals surface area (Å²) in [6, 6.07) is 6.58. The van der Waals surface area contributed by atoms with E-state index in [0.29, 0.717) is 10.7 Å². The molecule has 21 heavy (non-hydrogen) atoms. The van der Waals surface area contributed by atoms with Crippen molar-refractivity contribution in [3.05, 3.63) is 34.4 Å². The van der Waals surface area contributed by atoms with E-state index in [1.165, 1.54) is 0 Å². The van der Waals surface area contributed by atoms with E-state index in [9.17, 15) is 8.42 Å². The molecule has 0 atom stereocenters. The molecular weight excluding hydrogens is 356 g/mol. The molecule has 0 radical (unpaired) electrons. The molecule has 6 nitrogen and oxygen atoms in total. The highest BCUT2D eigenvalue weighted by Gasteiger charge is 2.18. The average molecular weight is 373 g/mol. The summed E-state index contributed by atoms with van der Waals surface area (Å²) >= 11 is 3.29. The van der Waals surface area contributed by atoms with E-state index in [4.69, 9.17) is 5.73 Å². The van der Waals surface area contributed by atoms with Crippen LogP contribution in [0.25, 0.3) is 0 Å². The van der Waals surface area contributed by atoms with Crippen molar-refractivity contribution >= 4 is 31.6 Å². The van der Waals surface area contributed by atoms with Crippen LogP contribution in [0.1, 0.15) is 25.5 Å². The van der Waals surface area contributed by atoms with Gasteiger partial charge in [0.2, 0.25) is 0 Å². The molecule has 0 saturated heterocycles. The fourth-order valence-corrected chi connectivity index (χ4v) is 3.52. The Labute approximate surface area is 132 Å². The predicted octanol–water partition coefficient (Wildman–Crippen LogP) is 2.22. The Morgan fingerprint density at radius 1 is 1.29 bits per heavy atom. The quantitative estimate of drug-likeness (QED) is 0.868. The van der Waals surface area contributed by atoms with E-state index >= 15 is 0 Å². The van der Waals surface area contributed by atoms with Crippen LogP contribution in [0.15, 0.2) is 33.6 Å². The van der Waals surface area contributed by atoms with Gasteiger partial charge in [0, 0.05) is 4.47 Å². The maximum absolute atomic E-state index is 12.3. The largest absolute Gasteiger partial charge is 0.381 e. The third-order valence-electron chi connectivity index (χ3n) is 3.09. The number of hydrogen-bond donors (Lipinski definition) is 1. The summed E-state index contributed by atoms with van der Waals surface area (Å²) in [5.74, 6) is 0.443. The molecule has 1 aromatic carbocycles. The number of benzene rings is 1. The molecular formula is C13H17BrN4O2S. The third-order valence-corrected chi connectivity index (χ3v) is 5.33. The number of hydrogen-bond acceptors (Lipinski definition) is 5. The standard InChI is InChI=1S/C13H17BrN4O2S/c1-9(2)12-13(15)16-17-18(12)7-8-21(19,20)11-5-3-10(14)4-6-11/h3-6,9H,7-8,15H2,1-2H3. The number of anilines is 1. The fourth-order valence-electron chi connectivity index (χ4n) is 2.06. The molecule has 114 valence electrons. The lowest BCUT2D eigenvalue weighted by Crippen LogP contribution is -2.16. The summed E-state index contributed by atoms with van der Waals surface area (Å²) in [7, 11) is -3.36. The minimum Gasteiger partial charge on any atom is -0.381 e. The molecule has 2 rings (SSSR count). The van der Waals surface area contributed by atoms with E-state index < -0.39 is 9.84 Å². The zero-order valence-electron chi connectivity index (χ0n) is 11.8. The molecule has 0 bridgehead atoms. The van der Waals surface area contributed by atoms with Gasteiger partial charge in [-0.1, -0.05) is 35.0 Å². The maximum Gasteiger partial charge on any atom is 0.180 e. The van der Waals surface area contributed by atoms with E-state index in [-0.39, 0.29) is 18.2 Å². The molecule has 2 aromatic rings. The van der Waals surface area contributed by atoms with Gasteiger partial charge < -0.3 is 5.73 Å². The molecule has 0 fully saturated rings. The molecule has 0 unspecified atom stereocenters. The second kappa shape index (κ2) is 6.15. The van der Waals surface area contributed by atoms with Crippen molar-refractivity contribution < 1.29 is 8.42 Å². The van der Waals surface area contributed by atoms with Gasteiger partial charge in [-0.05, 0) is 30.2 Å². The predicted molar refractivity (Wildman–Crippen MR) is 84.7 cm³/mol. The topological polar surface area (TPSA) is 90.9 Å². The van der Waals surface area contributed by atoms with Gasteiger partial charge in [-0.3, -0.25) is 0 Å². The molecule has 8 heteroatoms. The second-order valence-electron chi connectivity index (χ2n) is 5.01. The molecule has 0 saturated carbocycles. The van der Waals surface area contributed by atoms with Crippen molar-refractivity contribution in [2.45, 2.75) is 31.2 Å². The Balaban J connectivity index is 2.18. The van der Waals surface area contributed by atoms with E-state index in [0.717, 1.165) is 10.2 Å². The van der Waals surface area contributed by atoms with Crippen molar-refractivity contribution in [3.8, 4) is 0 Å². The Morgan fingerprint density at radius 2 is 1.90 bits per heavy atom. The zero-order chi connectivity index (χ0) is 15.6. The highest BCUT2D eigenvalue weighted by atomic mass is 79.9. The summed E-state index contributed by atoms with van der Waals surface area (Å²) in [6.07, 6.45) is 0. The number of nitrogen functional groups attached to an aromatic ring is 1. The highest BCUT2D eigenvalue weighted by Crippen LogP contribution is 2.20. The third kappa shape index (κ3) is 3.62. The highest BCUT2D eigenvalue weighted by molar-refractivity contribution is 9.10. The van der Waals surface area contributed by atoms with Crippen molar-refractivity contribution in [3.63, 3.8) is 0 Å². The van der Waals surface area contributed by atoms with Gasteiger partial charge in [0.1, 0.15) is 0 Å². The molecule has 0 aliphatic heterocycles. The number of aryl methyl sites for hydroxylation is 1. The van der Waals surface area contributed by atoms with Crippen molar-refractivity contribution in [1.29, 1.82) is 0 Å². The summed E-state index contributed by atoms with van der Waals surface area (Å²) in [4.78, 5) is 0.296. The fraction of sp³-hybridized carbons (Fsp3) is 0.385. The van der Waals surface area contributed by atoms with Crippen molar-refractivity contribution in [1.82, 2.24) is 15.0 Å². The Bertz CT molecular complexity index is 723. The minimum absolute atomic E-state index is 0.0445. The van der Waals surface area contributed by atoms with E-state index in [2.05, 4.69) is 26.2 Å². The maximum atomic E-state index is 12.3. The van der Waals surface area contributed by atoms with Gasteiger partial charge in [-0.2, -0.15) is 0 Å². The molecule has 1 heterocycles. The molecule has 0 aliphatic carbocycles. The van der Waals surface area contributed by atoms with Crippen LogP contribution >= 0.6 is 15.9 Å². The monoisotopic (exact) mass is 372 g/mol. The van der Waals surface area contributed by atoms with E-state index in [1.54, 1.807) is 28.9 Å². The van der Waals surface area contributed by atoms with Crippen LogP contribution in [-0.2, 0) is 16.4 Å². The average Bonchev–Trinajstić information content (AvgIpc) is 2.78. The van der Waals surface area contributed by atoms with Crippen LogP contribution < -0.4 is 5.73 Å². The zero-order valence-corrected chi connectivity index (χ0v) is 14.2. The molecule has 0 spiro atoms. The van der Waals surface area contributed by atoms with Crippen LogP contribution in [0.5, 0.6) is 0 Å². The van der Waals surface area contributed by atoms with Crippen LogP contribution in [0.4, 0.5) is 5.82 Å². The Morgan fingerprint density at radius 3 is 2.48 bits per heavy atom. The van der Waals surface area contributed by atoms with Gasteiger partial charge in [-0.25, -0.2) is 13.1 Å². The van der Waals surface area contributed by atoms with Crippen LogP contribution in [0.3, 0.4) is 0 Å². The van der Waals surface area contributed by atoms with Gasteiger partial charge in [0.15, 0.2) is 15.7 Å². The van der Waals surface area contributed by atoms with Crippen LogP contribution in [0.2, 0.25) is 0 Å². The van der Waals surface area contributed by atoms with Gasteiger partial charge in [-0.15, -0.1) is 5.10 Å². The van der Waals surface area contributed by atoms with Gasteiger partial charge in [0.05, 0.1) is 22.9 Å². The number of aromatic nitrogens is 3. The first-order valence-electron chi connectivity index (χ1n) is 6.48. The minimum atomic E-state index is -3.36. The van der Waals surface area contributed by atoms with Crippen molar-refractivity contribution in [2.24, 2.45) is 0 Å². The number of halogens is 1. The number of nitrogens with two attached hydrogens (primary N) is 1. The normalized spacial score (nSPS) is 12.0. The first kappa shape index (κ1) is 16.0. The number of sulfone groups is 1. The summed E-state index contributed by atoms with van der Waals surface area (Å²) in [5.41, 5.74) is 6.53. The lowest BCUT2D eigenvalue weighted by molar-refractivity contribution is 0.557. The molecule has 1 aromatic heterocycles. The molecule has 2 N–H and O–H groups in total. The molecule has 0 amide bonds. The van der Waals surface area contributed by atoms with Crippen LogP contribution in [-0.4, -0.2) is 29.2 Å².